The molecular formula is C14H16N2O5. The minimum absolute atomic E-state index is 0.0520. The lowest BCUT2D eigenvalue weighted by molar-refractivity contribution is -0.384. The van der Waals surface area contributed by atoms with Crippen molar-refractivity contribution in [3.05, 3.63) is 39.4 Å². The molecule has 1 heterocycles. The molecule has 1 N–H and O–H groups in total. The second-order valence-corrected chi connectivity index (χ2v) is 5.31. The monoisotopic (exact) mass is 292 g/mol. The largest absolute Gasteiger partial charge is 0.478 e. The van der Waals surface area contributed by atoms with Gasteiger partial charge in [0.05, 0.1) is 10.5 Å². The molecule has 0 aromatic heterocycles. The van der Waals surface area contributed by atoms with Gasteiger partial charge in [0.25, 0.3) is 11.6 Å². The molecule has 0 bridgehead atoms. The molecule has 0 atom stereocenters. The molecule has 7 heteroatoms. The molecule has 0 radical (unpaired) electrons. The fourth-order valence-corrected chi connectivity index (χ4v) is 2.36. The van der Waals surface area contributed by atoms with Gasteiger partial charge in [0.15, 0.2) is 0 Å². The maximum absolute atomic E-state index is 12.4. The summed E-state index contributed by atoms with van der Waals surface area (Å²) in [5.41, 5.74) is -0.585. The molecule has 112 valence electrons. The van der Waals surface area contributed by atoms with Crippen LogP contribution in [0.5, 0.6) is 0 Å². The van der Waals surface area contributed by atoms with Crippen LogP contribution in [0.25, 0.3) is 0 Å². The smallest absolute Gasteiger partial charge is 0.335 e. The summed E-state index contributed by atoms with van der Waals surface area (Å²) in [7, 11) is 0. The Hall–Kier alpha value is -2.44. The highest BCUT2D eigenvalue weighted by atomic mass is 16.6. The number of amides is 1. The van der Waals surface area contributed by atoms with Gasteiger partial charge in [0.2, 0.25) is 0 Å². The Morgan fingerprint density at radius 1 is 1.24 bits per heavy atom. The third-order valence-corrected chi connectivity index (χ3v) is 3.69. The average Bonchev–Trinajstić information content (AvgIpc) is 2.46. The van der Waals surface area contributed by atoms with Gasteiger partial charge in [0.1, 0.15) is 0 Å². The normalized spacial score (nSPS) is 15.8. The van der Waals surface area contributed by atoms with E-state index >= 15 is 0 Å². The van der Waals surface area contributed by atoms with Crippen LogP contribution in [0.3, 0.4) is 0 Å². The lowest BCUT2D eigenvalue weighted by atomic mass is 9.98. The zero-order chi connectivity index (χ0) is 15.6. The van der Waals surface area contributed by atoms with E-state index in [0.717, 1.165) is 25.0 Å². The van der Waals surface area contributed by atoms with Crippen molar-refractivity contribution in [1.82, 2.24) is 4.90 Å². The van der Waals surface area contributed by atoms with Crippen molar-refractivity contribution in [3.8, 4) is 0 Å². The van der Waals surface area contributed by atoms with Crippen LogP contribution in [-0.2, 0) is 0 Å². The van der Waals surface area contributed by atoms with Crippen molar-refractivity contribution in [2.75, 3.05) is 13.1 Å². The molecule has 0 spiro atoms. The van der Waals surface area contributed by atoms with Gasteiger partial charge in [-0.25, -0.2) is 4.79 Å². The second kappa shape index (κ2) is 5.90. The molecular weight excluding hydrogens is 276 g/mol. The number of likely N-dealkylation sites (tertiary alicyclic amines) is 1. The molecule has 1 fully saturated rings. The first-order chi connectivity index (χ1) is 9.88. The molecule has 1 aliphatic heterocycles. The number of aromatic carboxylic acids is 1. The molecule has 21 heavy (non-hydrogen) atoms. The highest BCUT2D eigenvalue weighted by molar-refractivity contribution is 5.98. The summed E-state index contributed by atoms with van der Waals surface area (Å²) >= 11 is 0. The summed E-state index contributed by atoms with van der Waals surface area (Å²) < 4.78 is 0. The number of nitro groups is 1. The second-order valence-electron chi connectivity index (χ2n) is 5.31. The highest BCUT2D eigenvalue weighted by Gasteiger charge is 2.24. The number of rotatable bonds is 3. The van der Waals surface area contributed by atoms with Crippen molar-refractivity contribution < 1.29 is 19.6 Å². The number of nitro benzene ring substituents is 1. The quantitative estimate of drug-likeness (QED) is 0.679. The topological polar surface area (TPSA) is 101 Å². The Balaban J connectivity index is 2.31. The first kappa shape index (κ1) is 15.0. The number of carboxylic acids is 1. The third-order valence-electron chi connectivity index (χ3n) is 3.69. The molecule has 1 aliphatic rings. The zero-order valence-corrected chi connectivity index (χ0v) is 11.6. The Morgan fingerprint density at radius 2 is 1.81 bits per heavy atom. The van der Waals surface area contributed by atoms with E-state index in [-0.39, 0.29) is 22.7 Å². The van der Waals surface area contributed by atoms with Gasteiger partial charge in [-0.1, -0.05) is 6.92 Å². The molecule has 1 saturated heterocycles. The summed E-state index contributed by atoms with van der Waals surface area (Å²) in [5, 5.41) is 19.9. The summed E-state index contributed by atoms with van der Waals surface area (Å²) in [5.74, 6) is -1.10. The lowest BCUT2D eigenvalue weighted by Crippen LogP contribution is -2.38. The number of carboxylic acid groups (broad SMARTS) is 1. The maximum Gasteiger partial charge on any atom is 0.335 e. The first-order valence-corrected chi connectivity index (χ1v) is 6.70. The van der Waals surface area contributed by atoms with Crippen molar-refractivity contribution in [1.29, 1.82) is 0 Å². The van der Waals surface area contributed by atoms with E-state index < -0.39 is 10.9 Å². The molecule has 2 rings (SSSR count). The van der Waals surface area contributed by atoms with Crippen molar-refractivity contribution in [2.24, 2.45) is 5.92 Å². The summed E-state index contributed by atoms with van der Waals surface area (Å²) in [6.07, 6.45) is 1.76. The zero-order valence-electron chi connectivity index (χ0n) is 11.6. The minimum Gasteiger partial charge on any atom is -0.478 e. The van der Waals surface area contributed by atoms with Crippen LogP contribution < -0.4 is 0 Å². The summed E-state index contributed by atoms with van der Waals surface area (Å²) in [6.45, 7) is 3.29. The van der Waals surface area contributed by atoms with Crippen LogP contribution in [-0.4, -0.2) is 39.9 Å². The van der Waals surface area contributed by atoms with Gasteiger partial charge < -0.3 is 10.0 Å². The standard InChI is InChI=1S/C14H16N2O5/c1-9-2-4-15(5-3-9)13(17)10-6-11(14(18)19)8-12(7-10)16(20)21/h6-9H,2-5H2,1H3,(H,18,19). The third kappa shape index (κ3) is 3.36. The van der Waals surface area contributed by atoms with Crippen LogP contribution >= 0.6 is 0 Å². The van der Waals surface area contributed by atoms with Crippen LogP contribution in [0.4, 0.5) is 5.69 Å². The van der Waals surface area contributed by atoms with Crippen molar-refractivity contribution >= 4 is 17.6 Å². The van der Waals surface area contributed by atoms with E-state index in [0.29, 0.717) is 19.0 Å². The summed E-state index contributed by atoms with van der Waals surface area (Å²) in [4.78, 5) is 35.2. The molecule has 1 aromatic rings. The SMILES string of the molecule is CC1CCN(C(=O)c2cc(C(=O)O)cc([N+](=O)[O-])c2)CC1. The van der Waals surface area contributed by atoms with Gasteiger partial charge in [-0.05, 0) is 24.8 Å². The van der Waals surface area contributed by atoms with Gasteiger partial charge >= 0.3 is 5.97 Å². The molecule has 0 aliphatic carbocycles. The number of hydrogen-bond donors (Lipinski definition) is 1. The average molecular weight is 292 g/mol. The van der Waals surface area contributed by atoms with Crippen LogP contribution in [0.2, 0.25) is 0 Å². The van der Waals surface area contributed by atoms with E-state index in [4.69, 9.17) is 5.11 Å². The van der Waals surface area contributed by atoms with Crippen LogP contribution in [0, 0.1) is 16.0 Å². The van der Waals surface area contributed by atoms with Gasteiger partial charge in [-0.3, -0.25) is 14.9 Å². The Morgan fingerprint density at radius 3 is 2.33 bits per heavy atom. The lowest BCUT2D eigenvalue weighted by Gasteiger charge is -2.30. The Labute approximate surface area is 121 Å². The van der Waals surface area contributed by atoms with Crippen molar-refractivity contribution in [3.63, 3.8) is 0 Å². The number of carbonyl (C=O) groups excluding carboxylic acids is 1. The van der Waals surface area contributed by atoms with Gasteiger partial charge in [0, 0.05) is 30.8 Å². The number of carbonyl (C=O) groups is 2. The molecule has 7 nitrogen and oxygen atoms in total. The fourth-order valence-electron chi connectivity index (χ4n) is 2.36. The molecule has 0 saturated carbocycles. The Kier molecular flexibility index (Phi) is 4.21. The van der Waals surface area contributed by atoms with E-state index in [1.807, 2.05) is 0 Å². The highest BCUT2D eigenvalue weighted by Crippen LogP contribution is 2.22. The van der Waals surface area contributed by atoms with Crippen LogP contribution in [0.1, 0.15) is 40.5 Å². The van der Waals surface area contributed by atoms with Crippen molar-refractivity contribution in [2.45, 2.75) is 19.8 Å². The van der Waals surface area contributed by atoms with E-state index in [9.17, 15) is 19.7 Å². The molecule has 1 aromatic carbocycles. The number of nitrogens with zero attached hydrogens (tertiary/aromatic N) is 2. The van der Waals surface area contributed by atoms with Gasteiger partial charge in [-0.15, -0.1) is 0 Å². The minimum atomic E-state index is -1.29. The predicted molar refractivity (Wildman–Crippen MR) is 74.4 cm³/mol. The number of non-ortho nitro benzene ring substituents is 1. The molecule has 0 unspecified atom stereocenters. The predicted octanol–water partition coefficient (Wildman–Crippen LogP) is 2.17. The van der Waals surface area contributed by atoms with E-state index in [1.165, 1.54) is 6.07 Å². The number of benzene rings is 1. The van der Waals surface area contributed by atoms with Crippen LogP contribution in [0.15, 0.2) is 18.2 Å². The molecule has 1 amide bonds. The van der Waals surface area contributed by atoms with E-state index in [2.05, 4.69) is 6.92 Å². The van der Waals surface area contributed by atoms with Gasteiger partial charge in [-0.2, -0.15) is 0 Å². The number of hydrogen-bond acceptors (Lipinski definition) is 4. The summed E-state index contributed by atoms with van der Waals surface area (Å²) in [6, 6.07) is 3.28. The number of piperidine rings is 1. The first-order valence-electron chi connectivity index (χ1n) is 6.70. The fraction of sp³-hybridized carbons (Fsp3) is 0.429. The van der Waals surface area contributed by atoms with E-state index in [1.54, 1.807) is 4.90 Å². The maximum atomic E-state index is 12.4. The Bertz CT molecular complexity index is 559.